The van der Waals surface area contributed by atoms with Crippen molar-refractivity contribution in [2.45, 2.75) is 6.92 Å². The van der Waals surface area contributed by atoms with Crippen molar-refractivity contribution in [2.24, 2.45) is 0 Å². The van der Waals surface area contributed by atoms with Crippen LogP contribution >= 0.6 is 27.3 Å². The number of ketones is 1. The second-order valence-corrected chi connectivity index (χ2v) is 4.58. The van der Waals surface area contributed by atoms with Crippen molar-refractivity contribution in [1.82, 2.24) is 0 Å². The maximum absolute atomic E-state index is 10.5. The molecule has 0 aliphatic carbocycles. The van der Waals surface area contributed by atoms with Gasteiger partial charge in [-0.25, -0.2) is 0 Å². The molecule has 0 saturated carbocycles. The molecular weight excluding hydrogens is 224 g/mol. The lowest BCUT2D eigenvalue weighted by molar-refractivity contribution is -0.112. The van der Waals surface area contributed by atoms with Crippen molar-refractivity contribution in [3.05, 3.63) is 26.9 Å². The Kier molecular flexibility index (Phi) is 3.02. The average Bonchev–Trinajstić information content (AvgIpc) is 2.31. The average molecular weight is 231 g/mol. The Morgan fingerprint density at radius 2 is 2.36 bits per heavy atom. The second kappa shape index (κ2) is 3.83. The molecule has 0 N–H and O–H groups in total. The van der Waals surface area contributed by atoms with Crippen LogP contribution in [0.4, 0.5) is 0 Å². The zero-order valence-corrected chi connectivity index (χ0v) is 8.41. The topological polar surface area (TPSA) is 17.1 Å². The highest BCUT2D eigenvalue weighted by Crippen LogP contribution is 2.22. The fraction of sp³-hybridized carbons (Fsp3) is 0.125. The Bertz CT molecular complexity index is 288. The molecule has 0 spiro atoms. The predicted octanol–water partition coefficient (Wildman–Crippen LogP) is 3.11. The molecule has 3 heteroatoms. The molecule has 1 heterocycles. The first-order valence-corrected chi connectivity index (χ1v) is 4.73. The van der Waals surface area contributed by atoms with Crippen molar-refractivity contribution < 1.29 is 4.79 Å². The van der Waals surface area contributed by atoms with Gasteiger partial charge in [-0.05, 0) is 47.1 Å². The van der Waals surface area contributed by atoms with Gasteiger partial charge in [-0.3, -0.25) is 4.79 Å². The lowest BCUT2D eigenvalue weighted by Gasteiger charge is -1.80. The highest BCUT2D eigenvalue weighted by molar-refractivity contribution is 9.11. The van der Waals surface area contributed by atoms with Crippen LogP contribution in [0.1, 0.15) is 11.8 Å². The van der Waals surface area contributed by atoms with E-state index in [1.54, 1.807) is 24.3 Å². The van der Waals surface area contributed by atoms with Crippen LogP contribution in [0.3, 0.4) is 0 Å². The number of halogens is 1. The number of carbonyl (C=O) groups excluding carboxylic acids is 1. The molecule has 0 unspecified atom stereocenters. The number of allylic oxidation sites excluding steroid dienone is 1. The third-order valence-electron chi connectivity index (χ3n) is 1.08. The SMILES string of the molecule is CC(=O)C=Cc1ccc(Br)s1. The van der Waals surface area contributed by atoms with Gasteiger partial charge in [0.15, 0.2) is 5.78 Å². The van der Waals surface area contributed by atoms with Gasteiger partial charge in [0, 0.05) is 4.88 Å². The van der Waals surface area contributed by atoms with Gasteiger partial charge >= 0.3 is 0 Å². The van der Waals surface area contributed by atoms with E-state index < -0.39 is 0 Å². The lowest BCUT2D eigenvalue weighted by atomic mass is 10.3. The van der Waals surface area contributed by atoms with Crippen molar-refractivity contribution in [3.63, 3.8) is 0 Å². The number of carbonyl (C=O) groups is 1. The summed E-state index contributed by atoms with van der Waals surface area (Å²) in [6.07, 6.45) is 3.38. The molecule has 0 fully saturated rings. The Hall–Kier alpha value is -0.410. The molecule has 0 radical (unpaired) electrons. The molecule has 0 aliphatic rings. The molecule has 58 valence electrons. The van der Waals surface area contributed by atoms with Crippen molar-refractivity contribution in [1.29, 1.82) is 0 Å². The number of hydrogen-bond acceptors (Lipinski definition) is 2. The van der Waals surface area contributed by atoms with Crippen LogP contribution in [-0.2, 0) is 4.79 Å². The van der Waals surface area contributed by atoms with E-state index in [0.717, 1.165) is 8.66 Å². The highest BCUT2D eigenvalue weighted by atomic mass is 79.9. The molecular formula is C8H7BrOS. The van der Waals surface area contributed by atoms with Crippen molar-refractivity contribution in [3.8, 4) is 0 Å². The summed E-state index contributed by atoms with van der Waals surface area (Å²) in [5.41, 5.74) is 0. The first kappa shape index (κ1) is 8.68. The summed E-state index contributed by atoms with van der Waals surface area (Å²) in [7, 11) is 0. The summed E-state index contributed by atoms with van der Waals surface area (Å²) >= 11 is 4.95. The van der Waals surface area contributed by atoms with Crippen LogP contribution in [0, 0.1) is 0 Å². The van der Waals surface area contributed by atoms with Crippen molar-refractivity contribution >= 4 is 39.1 Å². The van der Waals surface area contributed by atoms with Crippen molar-refractivity contribution in [2.75, 3.05) is 0 Å². The van der Waals surface area contributed by atoms with Crippen LogP contribution in [0.15, 0.2) is 22.0 Å². The van der Waals surface area contributed by atoms with E-state index in [0.29, 0.717) is 0 Å². The van der Waals surface area contributed by atoms with Gasteiger partial charge in [0.25, 0.3) is 0 Å². The van der Waals surface area contributed by atoms with Crippen LogP contribution in [-0.4, -0.2) is 5.78 Å². The molecule has 0 amide bonds. The molecule has 0 saturated heterocycles. The third kappa shape index (κ3) is 2.99. The van der Waals surface area contributed by atoms with E-state index in [1.165, 1.54) is 0 Å². The minimum Gasteiger partial charge on any atom is -0.295 e. The fourth-order valence-corrected chi connectivity index (χ4v) is 1.94. The molecule has 0 bridgehead atoms. The Morgan fingerprint density at radius 3 is 2.82 bits per heavy atom. The molecule has 0 aliphatic heterocycles. The fourth-order valence-electron chi connectivity index (χ4n) is 0.617. The van der Waals surface area contributed by atoms with Gasteiger partial charge in [0.1, 0.15) is 0 Å². The van der Waals surface area contributed by atoms with E-state index in [-0.39, 0.29) is 5.78 Å². The largest absolute Gasteiger partial charge is 0.295 e. The predicted molar refractivity (Wildman–Crippen MR) is 51.7 cm³/mol. The summed E-state index contributed by atoms with van der Waals surface area (Å²) in [4.78, 5) is 11.6. The van der Waals surface area contributed by atoms with Gasteiger partial charge in [-0.15, -0.1) is 11.3 Å². The van der Waals surface area contributed by atoms with Gasteiger partial charge in [0.05, 0.1) is 3.79 Å². The normalized spacial score (nSPS) is 10.7. The maximum atomic E-state index is 10.5. The summed E-state index contributed by atoms with van der Waals surface area (Å²) in [5.74, 6) is 0.0783. The van der Waals surface area contributed by atoms with E-state index in [1.807, 2.05) is 18.2 Å². The summed E-state index contributed by atoms with van der Waals surface area (Å²) < 4.78 is 1.08. The van der Waals surface area contributed by atoms with Gasteiger partial charge in [0.2, 0.25) is 0 Å². The van der Waals surface area contributed by atoms with E-state index >= 15 is 0 Å². The zero-order valence-electron chi connectivity index (χ0n) is 6.00. The first-order chi connectivity index (χ1) is 5.18. The van der Waals surface area contributed by atoms with Crippen LogP contribution in [0.25, 0.3) is 6.08 Å². The molecule has 1 rings (SSSR count). The number of hydrogen-bond donors (Lipinski definition) is 0. The number of rotatable bonds is 2. The van der Waals surface area contributed by atoms with Gasteiger partial charge < -0.3 is 0 Å². The van der Waals surface area contributed by atoms with Crippen LogP contribution in [0.5, 0.6) is 0 Å². The summed E-state index contributed by atoms with van der Waals surface area (Å²) in [6.45, 7) is 1.54. The summed E-state index contributed by atoms with van der Waals surface area (Å²) in [6, 6.07) is 3.93. The lowest BCUT2D eigenvalue weighted by Crippen LogP contribution is -1.77. The standard InChI is InChI=1S/C8H7BrOS/c1-6(10)2-3-7-4-5-8(9)11-7/h2-5H,1H3. The smallest absolute Gasteiger partial charge is 0.152 e. The molecule has 1 aromatic rings. The molecule has 1 nitrogen and oxygen atoms in total. The third-order valence-corrected chi connectivity index (χ3v) is 2.67. The van der Waals surface area contributed by atoms with E-state index in [4.69, 9.17) is 0 Å². The monoisotopic (exact) mass is 230 g/mol. The van der Waals surface area contributed by atoms with Crippen LogP contribution < -0.4 is 0 Å². The maximum Gasteiger partial charge on any atom is 0.152 e. The minimum atomic E-state index is 0.0783. The summed E-state index contributed by atoms with van der Waals surface area (Å²) in [5, 5.41) is 0. The minimum absolute atomic E-state index is 0.0783. The Morgan fingerprint density at radius 1 is 1.64 bits per heavy atom. The first-order valence-electron chi connectivity index (χ1n) is 3.12. The zero-order chi connectivity index (χ0) is 8.27. The van der Waals surface area contributed by atoms with Crippen LogP contribution in [0.2, 0.25) is 0 Å². The second-order valence-electron chi connectivity index (χ2n) is 2.09. The quantitative estimate of drug-likeness (QED) is 0.714. The molecule has 1 aromatic heterocycles. The molecule has 0 aromatic carbocycles. The van der Waals surface area contributed by atoms with E-state index in [2.05, 4.69) is 15.9 Å². The number of thiophene rings is 1. The molecule has 11 heavy (non-hydrogen) atoms. The highest BCUT2D eigenvalue weighted by Gasteiger charge is 1.92. The van der Waals surface area contributed by atoms with E-state index in [9.17, 15) is 4.79 Å². The molecule has 0 atom stereocenters. The Balaban J connectivity index is 2.71. The van der Waals surface area contributed by atoms with Gasteiger partial charge in [-0.2, -0.15) is 0 Å². The van der Waals surface area contributed by atoms with Gasteiger partial charge in [-0.1, -0.05) is 0 Å². The Labute approximate surface area is 77.9 Å².